The van der Waals surface area contributed by atoms with Crippen molar-refractivity contribution in [3.8, 4) is 17.4 Å². The Morgan fingerprint density at radius 2 is 1.85 bits per heavy atom. The summed E-state index contributed by atoms with van der Waals surface area (Å²) in [6, 6.07) is 9.97. The zero-order valence-corrected chi connectivity index (χ0v) is 13.3. The lowest BCUT2D eigenvalue weighted by molar-refractivity contribution is -0.383. The number of halogens is 3. The number of fused-ring (bicyclic) bond motifs is 1. The van der Waals surface area contributed by atoms with Crippen LogP contribution in [0.4, 0.5) is 18.9 Å². The second-order valence-electron chi connectivity index (χ2n) is 5.25. The molecule has 0 saturated heterocycles. The second-order valence-corrected chi connectivity index (χ2v) is 5.25. The molecule has 1 aromatic heterocycles. The van der Waals surface area contributed by atoms with Gasteiger partial charge in [0.2, 0.25) is 5.88 Å². The number of pyridine rings is 1. The fourth-order valence-corrected chi connectivity index (χ4v) is 2.34. The van der Waals surface area contributed by atoms with Crippen molar-refractivity contribution < 1.29 is 27.6 Å². The van der Waals surface area contributed by atoms with Crippen LogP contribution in [0.1, 0.15) is 5.56 Å². The van der Waals surface area contributed by atoms with Crippen LogP contribution in [0, 0.1) is 10.1 Å². The topological polar surface area (TPSA) is 74.5 Å². The molecule has 0 aliphatic rings. The lowest BCUT2D eigenvalue weighted by Crippen LogP contribution is -2.04. The SMILES string of the molecule is COc1cc([N+](=O)[O-])c2nc(Oc3cccc(C(F)(F)F)c3)ccc2c1. The molecular weight excluding hydrogens is 353 g/mol. The maximum absolute atomic E-state index is 12.8. The van der Waals surface area contributed by atoms with Gasteiger partial charge in [-0.15, -0.1) is 0 Å². The van der Waals surface area contributed by atoms with Crippen molar-refractivity contribution in [3.05, 3.63) is 64.2 Å². The summed E-state index contributed by atoms with van der Waals surface area (Å²) >= 11 is 0. The zero-order chi connectivity index (χ0) is 18.9. The van der Waals surface area contributed by atoms with Crippen LogP contribution in [-0.4, -0.2) is 17.0 Å². The minimum Gasteiger partial charge on any atom is -0.496 e. The van der Waals surface area contributed by atoms with Gasteiger partial charge in [-0.3, -0.25) is 10.1 Å². The first-order valence-electron chi connectivity index (χ1n) is 7.26. The first-order valence-corrected chi connectivity index (χ1v) is 7.26. The van der Waals surface area contributed by atoms with Crippen LogP contribution in [0.15, 0.2) is 48.5 Å². The van der Waals surface area contributed by atoms with E-state index in [1.54, 1.807) is 6.07 Å². The van der Waals surface area contributed by atoms with Gasteiger partial charge in [-0.25, -0.2) is 4.98 Å². The van der Waals surface area contributed by atoms with Gasteiger partial charge in [0.15, 0.2) is 5.52 Å². The molecule has 0 aliphatic carbocycles. The number of ether oxygens (including phenoxy) is 2. The lowest BCUT2D eigenvalue weighted by atomic mass is 10.2. The minimum atomic E-state index is -4.51. The molecule has 0 fully saturated rings. The van der Waals surface area contributed by atoms with Crippen LogP contribution in [0.5, 0.6) is 17.4 Å². The monoisotopic (exact) mass is 364 g/mol. The molecule has 134 valence electrons. The largest absolute Gasteiger partial charge is 0.496 e. The van der Waals surface area contributed by atoms with Gasteiger partial charge < -0.3 is 9.47 Å². The maximum Gasteiger partial charge on any atom is 0.416 e. The third-order valence-corrected chi connectivity index (χ3v) is 3.54. The highest BCUT2D eigenvalue weighted by atomic mass is 19.4. The number of nitro benzene ring substituents is 1. The average molecular weight is 364 g/mol. The summed E-state index contributed by atoms with van der Waals surface area (Å²) in [5, 5.41) is 11.7. The standard InChI is InChI=1S/C17H11F3N2O4/c1-25-13-7-10-5-6-15(21-16(10)14(9-13)22(23)24)26-12-4-2-3-11(8-12)17(18,19)20/h2-9H,1H3. The third kappa shape index (κ3) is 3.51. The molecule has 1 heterocycles. The summed E-state index contributed by atoms with van der Waals surface area (Å²) in [6.45, 7) is 0. The van der Waals surface area contributed by atoms with Crippen molar-refractivity contribution in [2.75, 3.05) is 7.11 Å². The van der Waals surface area contributed by atoms with Crippen molar-refractivity contribution >= 4 is 16.6 Å². The Labute approximate surface area is 144 Å². The fourth-order valence-electron chi connectivity index (χ4n) is 2.34. The van der Waals surface area contributed by atoms with Crippen LogP contribution in [0.2, 0.25) is 0 Å². The summed E-state index contributed by atoms with van der Waals surface area (Å²) in [5.41, 5.74) is -1.12. The lowest BCUT2D eigenvalue weighted by Gasteiger charge is -2.10. The average Bonchev–Trinajstić information content (AvgIpc) is 2.60. The van der Waals surface area contributed by atoms with E-state index in [1.165, 1.54) is 37.4 Å². The number of alkyl halides is 3. The second kappa shape index (κ2) is 6.51. The summed E-state index contributed by atoms with van der Waals surface area (Å²) in [6.07, 6.45) is -4.51. The molecule has 9 heteroatoms. The van der Waals surface area contributed by atoms with Crippen LogP contribution in [-0.2, 0) is 6.18 Å². The molecule has 0 atom stereocenters. The Kier molecular flexibility index (Phi) is 4.37. The highest BCUT2D eigenvalue weighted by molar-refractivity contribution is 5.89. The van der Waals surface area contributed by atoms with Gasteiger partial charge in [0.25, 0.3) is 5.69 Å². The van der Waals surface area contributed by atoms with E-state index in [0.717, 1.165) is 12.1 Å². The van der Waals surface area contributed by atoms with Crippen LogP contribution < -0.4 is 9.47 Å². The molecule has 0 spiro atoms. The molecular formula is C17H11F3N2O4. The molecule has 0 amide bonds. The number of nitrogens with zero attached hydrogens (tertiary/aromatic N) is 2. The number of aromatic nitrogens is 1. The van der Waals surface area contributed by atoms with Gasteiger partial charge in [-0.05, 0) is 30.3 Å². The Balaban J connectivity index is 2.02. The molecule has 0 N–H and O–H groups in total. The Hall–Kier alpha value is -3.36. The highest BCUT2D eigenvalue weighted by Crippen LogP contribution is 2.34. The first-order chi connectivity index (χ1) is 12.3. The predicted molar refractivity (Wildman–Crippen MR) is 86.5 cm³/mol. The van der Waals surface area contributed by atoms with Crippen LogP contribution in [0.25, 0.3) is 10.9 Å². The molecule has 2 aromatic carbocycles. The number of non-ortho nitro benzene ring substituents is 1. The Morgan fingerprint density at radius 3 is 2.50 bits per heavy atom. The fraction of sp³-hybridized carbons (Fsp3) is 0.118. The molecule has 26 heavy (non-hydrogen) atoms. The quantitative estimate of drug-likeness (QED) is 0.483. The molecule has 0 aliphatic heterocycles. The molecule has 0 unspecified atom stereocenters. The van der Waals surface area contributed by atoms with Gasteiger partial charge in [-0.2, -0.15) is 13.2 Å². The van der Waals surface area contributed by atoms with E-state index < -0.39 is 16.7 Å². The van der Waals surface area contributed by atoms with Crippen LogP contribution >= 0.6 is 0 Å². The first kappa shape index (κ1) is 17.5. The minimum absolute atomic E-state index is 0.0419. The summed E-state index contributed by atoms with van der Waals surface area (Å²) in [7, 11) is 1.38. The van der Waals surface area contributed by atoms with E-state index in [1.807, 2.05) is 0 Å². The molecule has 3 aromatic rings. The van der Waals surface area contributed by atoms with E-state index in [9.17, 15) is 23.3 Å². The highest BCUT2D eigenvalue weighted by Gasteiger charge is 2.30. The number of hydrogen-bond donors (Lipinski definition) is 0. The van der Waals surface area contributed by atoms with Crippen molar-refractivity contribution in [3.63, 3.8) is 0 Å². The van der Waals surface area contributed by atoms with Crippen molar-refractivity contribution in [2.24, 2.45) is 0 Å². The summed E-state index contributed by atoms with van der Waals surface area (Å²) < 4.78 is 48.7. The van der Waals surface area contributed by atoms with E-state index in [0.29, 0.717) is 5.39 Å². The number of hydrogen-bond acceptors (Lipinski definition) is 5. The molecule has 0 radical (unpaired) electrons. The summed E-state index contributed by atoms with van der Waals surface area (Å²) in [5.74, 6) is 0.144. The predicted octanol–water partition coefficient (Wildman–Crippen LogP) is 4.96. The molecule has 0 bridgehead atoms. The third-order valence-electron chi connectivity index (χ3n) is 3.54. The smallest absolute Gasteiger partial charge is 0.416 e. The van der Waals surface area contributed by atoms with Gasteiger partial charge >= 0.3 is 6.18 Å². The van der Waals surface area contributed by atoms with E-state index in [4.69, 9.17) is 9.47 Å². The number of benzene rings is 2. The molecule has 3 rings (SSSR count). The van der Waals surface area contributed by atoms with E-state index >= 15 is 0 Å². The van der Waals surface area contributed by atoms with Crippen molar-refractivity contribution in [1.82, 2.24) is 4.98 Å². The van der Waals surface area contributed by atoms with Crippen molar-refractivity contribution in [1.29, 1.82) is 0 Å². The number of nitro groups is 1. The Morgan fingerprint density at radius 1 is 1.08 bits per heavy atom. The van der Waals surface area contributed by atoms with E-state index in [-0.39, 0.29) is 28.6 Å². The van der Waals surface area contributed by atoms with Crippen molar-refractivity contribution in [2.45, 2.75) is 6.18 Å². The zero-order valence-electron chi connectivity index (χ0n) is 13.3. The van der Waals surface area contributed by atoms with Gasteiger partial charge in [0.1, 0.15) is 11.5 Å². The van der Waals surface area contributed by atoms with Crippen LogP contribution in [0.3, 0.4) is 0 Å². The van der Waals surface area contributed by atoms with Gasteiger partial charge in [0.05, 0.1) is 23.7 Å². The van der Waals surface area contributed by atoms with Gasteiger partial charge in [-0.1, -0.05) is 6.07 Å². The number of rotatable bonds is 4. The Bertz CT molecular complexity index is 989. The molecule has 0 saturated carbocycles. The molecule has 6 nitrogen and oxygen atoms in total. The summed E-state index contributed by atoms with van der Waals surface area (Å²) in [4.78, 5) is 14.7. The van der Waals surface area contributed by atoms with Gasteiger partial charge in [0, 0.05) is 11.5 Å². The number of methoxy groups -OCH3 is 1. The maximum atomic E-state index is 12.8. The normalized spacial score (nSPS) is 11.4. The van der Waals surface area contributed by atoms with E-state index in [2.05, 4.69) is 4.98 Å².